The second-order valence-corrected chi connectivity index (χ2v) is 8.18. The molecule has 0 saturated carbocycles. The predicted octanol–water partition coefficient (Wildman–Crippen LogP) is 5.89. The van der Waals surface area contributed by atoms with Crippen molar-refractivity contribution < 1.29 is 9.53 Å². The Balaban J connectivity index is 1.36. The normalized spacial score (nSPS) is 13.5. The quantitative estimate of drug-likeness (QED) is 0.238. The van der Waals surface area contributed by atoms with Crippen LogP contribution in [0.15, 0.2) is 28.5 Å². The van der Waals surface area contributed by atoms with Gasteiger partial charge in [-0.1, -0.05) is 71.1 Å². The maximum absolute atomic E-state index is 12.3. The van der Waals surface area contributed by atoms with Crippen LogP contribution in [0.2, 0.25) is 0 Å². The second-order valence-electron chi connectivity index (χ2n) is 8.18. The number of ether oxygens (including phenoxy) is 1. The fraction of sp³-hybridized carbons (Fsp3) is 0.560. The first-order chi connectivity index (χ1) is 14.2. The molecule has 0 spiro atoms. The molecule has 2 heterocycles. The zero-order valence-corrected chi connectivity index (χ0v) is 18.0. The van der Waals surface area contributed by atoms with E-state index in [4.69, 9.17) is 4.74 Å². The number of rotatable bonds is 13. The third-order valence-electron chi connectivity index (χ3n) is 5.73. The van der Waals surface area contributed by atoms with Crippen molar-refractivity contribution in [3.8, 4) is 5.75 Å². The van der Waals surface area contributed by atoms with Gasteiger partial charge >= 0.3 is 5.97 Å². The highest BCUT2D eigenvalue weighted by Crippen LogP contribution is 2.23. The minimum atomic E-state index is -0.172. The first-order valence-corrected chi connectivity index (χ1v) is 11.4. The van der Waals surface area contributed by atoms with Gasteiger partial charge < -0.3 is 4.74 Å². The Bertz CT molecular complexity index is 896. The summed E-state index contributed by atoms with van der Waals surface area (Å²) in [7, 11) is 0. The monoisotopic (exact) mass is 394 g/mol. The molecular weight excluding hydrogens is 360 g/mol. The van der Waals surface area contributed by atoms with Gasteiger partial charge in [-0.15, -0.1) is 0 Å². The number of carbonyl (C=O) groups is 1. The number of hydrogen-bond donors (Lipinski definition) is 0. The fourth-order valence-corrected chi connectivity index (χ4v) is 4.06. The Morgan fingerprint density at radius 3 is 2.28 bits per heavy atom. The van der Waals surface area contributed by atoms with E-state index < -0.39 is 0 Å². The summed E-state index contributed by atoms with van der Waals surface area (Å²) in [6, 6.07) is 1.84. The molecule has 4 heteroatoms. The summed E-state index contributed by atoms with van der Waals surface area (Å²) in [5, 5.41) is 1.61. The van der Waals surface area contributed by atoms with Crippen LogP contribution < -0.4 is 15.5 Å². The molecule has 0 saturated heterocycles. The highest BCUT2D eigenvalue weighted by molar-refractivity contribution is 5.78. The highest BCUT2D eigenvalue weighted by atomic mass is 16.5. The molecule has 1 aromatic rings. The van der Waals surface area contributed by atoms with Gasteiger partial charge in [0.1, 0.15) is 5.36 Å². The van der Waals surface area contributed by atoms with Gasteiger partial charge in [0.2, 0.25) is 0 Å². The summed E-state index contributed by atoms with van der Waals surface area (Å²) < 4.78 is 5.67. The Morgan fingerprint density at radius 2 is 1.59 bits per heavy atom. The third kappa shape index (κ3) is 5.88. The Kier molecular flexibility index (Phi) is 8.21. The van der Waals surface area contributed by atoms with Gasteiger partial charge in [0.15, 0.2) is 5.75 Å². The van der Waals surface area contributed by atoms with Gasteiger partial charge in [0.05, 0.1) is 5.36 Å². The van der Waals surface area contributed by atoms with Gasteiger partial charge in [-0.05, 0) is 25.0 Å². The molecule has 3 rings (SSSR count). The fourth-order valence-electron chi connectivity index (χ4n) is 4.06. The third-order valence-corrected chi connectivity index (χ3v) is 5.73. The molecule has 1 aromatic carbocycles. The average Bonchev–Trinajstić information content (AvgIpc) is 3.32. The number of hydrogen-bond acceptors (Lipinski definition) is 4. The lowest BCUT2D eigenvalue weighted by Crippen LogP contribution is -2.22. The molecule has 0 aromatic heterocycles. The largest absolute Gasteiger partial charge is 0.424 e. The van der Waals surface area contributed by atoms with Gasteiger partial charge in [-0.3, -0.25) is 14.8 Å². The molecule has 29 heavy (non-hydrogen) atoms. The van der Waals surface area contributed by atoms with E-state index in [9.17, 15) is 4.79 Å². The Hall–Kier alpha value is -2.23. The lowest BCUT2D eigenvalue weighted by Gasteiger charge is -2.08. The summed E-state index contributed by atoms with van der Waals surface area (Å²) in [6.45, 7) is 4.29. The molecule has 0 fully saturated rings. The summed E-state index contributed by atoms with van der Waals surface area (Å²) in [5.41, 5.74) is 3.19. The highest BCUT2D eigenvalue weighted by Gasteiger charge is 2.19. The van der Waals surface area contributed by atoms with E-state index in [2.05, 4.69) is 16.9 Å². The molecule has 0 amide bonds. The maximum atomic E-state index is 12.3. The number of allylic oxidation sites excluding steroid dienone is 1. The summed E-state index contributed by atoms with van der Waals surface area (Å²) >= 11 is 0. The van der Waals surface area contributed by atoms with Crippen molar-refractivity contribution in [3.05, 3.63) is 40.3 Å². The van der Waals surface area contributed by atoms with E-state index in [0.717, 1.165) is 40.3 Å². The van der Waals surface area contributed by atoms with Gasteiger partial charge in [0, 0.05) is 36.0 Å². The molecule has 156 valence electrons. The van der Waals surface area contributed by atoms with Crippen LogP contribution in [0.5, 0.6) is 5.75 Å². The van der Waals surface area contributed by atoms with E-state index in [0.29, 0.717) is 12.2 Å². The predicted molar refractivity (Wildman–Crippen MR) is 118 cm³/mol. The second kappa shape index (κ2) is 11.1. The maximum Gasteiger partial charge on any atom is 0.311 e. The van der Waals surface area contributed by atoms with Crippen LogP contribution in [-0.2, 0) is 4.79 Å². The van der Waals surface area contributed by atoms with Crippen molar-refractivity contribution in [3.63, 3.8) is 0 Å². The van der Waals surface area contributed by atoms with Crippen LogP contribution in [0, 0.1) is 0 Å². The molecule has 0 aliphatic carbocycles. The van der Waals surface area contributed by atoms with Crippen molar-refractivity contribution >= 4 is 17.6 Å². The molecule has 0 bridgehead atoms. The average molecular weight is 395 g/mol. The van der Waals surface area contributed by atoms with Crippen LogP contribution in [0.4, 0.5) is 0 Å². The van der Waals surface area contributed by atoms with Crippen molar-refractivity contribution in [2.75, 3.05) is 0 Å². The van der Waals surface area contributed by atoms with Crippen LogP contribution in [0.1, 0.15) is 102 Å². The zero-order chi connectivity index (χ0) is 20.5. The van der Waals surface area contributed by atoms with Crippen LogP contribution in [0.3, 0.4) is 0 Å². The number of carbonyl (C=O) groups excluding carboxylic acids is 1. The standard InChI is InChI=1S/C25H34N2O2/c1-3-4-5-6-7-8-9-10-11-12-13-14-23(28)29-22-17-21-20(15-16-26-21)24-19(2)18-27-25(22)24/h15-18H,3-14H2,1-2H3. The SMILES string of the molecule is CCCCCCCCCCCCCC(=O)Oc1cc2c(c3c1=NC=C3C)C=CN=2. The molecule has 4 nitrogen and oxygen atoms in total. The Labute approximate surface area is 174 Å². The summed E-state index contributed by atoms with van der Waals surface area (Å²) in [6.07, 6.45) is 20.1. The Morgan fingerprint density at radius 1 is 0.931 bits per heavy atom. The van der Waals surface area contributed by atoms with Gasteiger partial charge in [-0.25, -0.2) is 0 Å². The lowest BCUT2D eigenvalue weighted by molar-refractivity contribution is -0.134. The number of nitrogens with zero attached hydrogens (tertiary/aromatic N) is 2. The smallest absolute Gasteiger partial charge is 0.311 e. The zero-order valence-electron chi connectivity index (χ0n) is 18.0. The minimum absolute atomic E-state index is 0.172. The van der Waals surface area contributed by atoms with E-state index in [1.54, 1.807) is 6.20 Å². The summed E-state index contributed by atoms with van der Waals surface area (Å²) in [4.78, 5) is 21.2. The molecular formula is C25H34N2O2. The molecule has 0 N–H and O–H groups in total. The number of fused-ring (bicyclic) bond motifs is 3. The van der Waals surface area contributed by atoms with Crippen molar-refractivity contribution in [1.29, 1.82) is 0 Å². The molecule has 0 unspecified atom stereocenters. The van der Waals surface area contributed by atoms with Crippen molar-refractivity contribution in [2.45, 2.75) is 90.9 Å². The van der Waals surface area contributed by atoms with Crippen molar-refractivity contribution in [2.24, 2.45) is 9.98 Å². The van der Waals surface area contributed by atoms with Crippen LogP contribution in [0.25, 0.3) is 11.6 Å². The minimum Gasteiger partial charge on any atom is -0.424 e. The first-order valence-electron chi connectivity index (χ1n) is 11.4. The number of esters is 1. The van der Waals surface area contributed by atoms with Gasteiger partial charge in [-0.2, -0.15) is 0 Å². The molecule has 0 atom stereocenters. The topological polar surface area (TPSA) is 51.0 Å². The van der Waals surface area contributed by atoms with E-state index in [-0.39, 0.29) is 5.97 Å². The molecule has 2 aliphatic heterocycles. The van der Waals surface area contributed by atoms with E-state index in [1.807, 2.05) is 25.3 Å². The van der Waals surface area contributed by atoms with E-state index >= 15 is 0 Å². The molecule has 0 radical (unpaired) electrons. The lowest BCUT2D eigenvalue weighted by atomic mass is 10.0. The molecule has 2 aliphatic rings. The van der Waals surface area contributed by atoms with Gasteiger partial charge in [0.25, 0.3) is 0 Å². The number of benzene rings is 1. The number of unbranched alkanes of at least 4 members (excludes halogenated alkanes) is 10. The van der Waals surface area contributed by atoms with Crippen LogP contribution in [-0.4, -0.2) is 5.97 Å². The van der Waals surface area contributed by atoms with Crippen LogP contribution >= 0.6 is 0 Å². The summed E-state index contributed by atoms with van der Waals surface area (Å²) in [5.74, 6) is 0.362. The first kappa shape index (κ1) is 21.5. The van der Waals surface area contributed by atoms with E-state index in [1.165, 1.54) is 57.8 Å². The van der Waals surface area contributed by atoms with Crippen molar-refractivity contribution in [1.82, 2.24) is 0 Å².